The van der Waals surface area contributed by atoms with Crippen LogP contribution in [-0.4, -0.2) is 11.3 Å². The summed E-state index contributed by atoms with van der Waals surface area (Å²) in [5.41, 5.74) is 2.42. The Balaban J connectivity index is 2.02. The molecule has 1 aromatic carbocycles. The molecule has 100 valence electrons. The smallest absolute Gasteiger partial charge is 0.141 e. The maximum atomic E-state index is 12.6. The highest BCUT2D eigenvalue weighted by Crippen LogP contribution is 2.67. The first kappa shape index (κ1) is 11.5. The molecule has 1 N–H and O–H groups in total. The molecule has 2 saturated carbocycles. The van der Waals surface area contributed by atoms with Crippen LogP contribution in [-0.2, 0) is 10.2 Å². The monoisotopic (exact) mass is 255 g/mol. The van der Waals surface area contributed by atoms with Crippen molar-refractivity contribution in [3.63, 3.8) is 0 Å². The summed E-state index contributed by atoms with van der Waals surface area (Å²) in [6.07, 6.45) is 5.50. The van der Waals surface area contributed by atoms with Crippen LogP contribution in [0, 0.1) is 5.41 Å². The van der Waals surface area contributed by atoms with Crippen molar-refractivity contribution in [1.82, 2.24) is 0 Å². The third kappa shape index (κ3) is 1.05. The van der Waals surface area contributed by atoms with Crippen LogP contribution < -0.4 is 5.32 Å². The number of carbonyl (C=O) groups is 1. The highest BCUT2D eigenvalue weighted by atomic mass is 16.1. The van der Waals surface area contributed by atoms with Gasteiger partial charge in [0.2, 0.25) is 0 Å². The zero-order valence-electron chi connectivity index (χ0n) is 11.8. The first-order chi connectivity index (χ1) is 9.04. The molecule has 0 bridgehead atoms. The summed E-state index contributed by atoms with van der Waals surface area (Å²) in [4.78, 5) is 12.6. The van der Waals surface area contributed by atoms with Crippen molar-refractivity contribution in [2.75, 3.05) is 5.32 Å². The van der Waals surface area contributed by atoms with E-state index in [1.165, 1.54) is 24.1 Å². The Morgan fingerprint density at radius 1 is 1.11 bits per heavy atom. The molecule has 2 nitrogen and oxygen atoms in total. The SMILES string of the molecule is CC1(C)C(=O)C[C@]23CCCC[C@]12Nc1ccccc13. The average Bonchev–Trinajstić information content (AvgIpc) is 2.78. The van der Waals surface area contributed by atoms with Gasteiger partial charge in [-0.05, 0) is 24.5 Å². The van der Waals surface area contributed by atoms with Crippen LogP contribution in [0.3, 0.4) is 0 Å². The van der Waals surface area contributed by atoms with Gasteiger partial charge in [-0.15, -0.1) is 0 Å². The Hall–Kier alpha value is -1.31. The van der Waals surface area contributed by atoms with Gasteiger partial charge in [-0.3, -0.25) is 4.79 Å². The predicted molar refractivity (Wildman–Crippen MR) is 76.3 cm³/mol. The fourth-order valence-corrected chi connectivity index (χ4v) is 5.19. The van der Waals surface area contributed by atoms with Crippen molar-refractivity contribution in [3.8, 4) is 0 Å². The number of rotatable bonds is 0. The van der Waals surface area contributed by atoms with E-state index in [9.17, 15) is 4.79 Å². The molecule has 0 aromatic heterocycles. The van der Waals surface area contributed by atoms with Crippen LogP contribution in [0.15, 0.2) is 24.3 Å². The van der Waals surface area contributed by atoms with Crippen molar-refractivity contribution in [2.24, 2.45) is 5.41 Å². The predicted octanol–water partition coefficient (Wildman–Crippen LogP) is 3.66. The largest absolute Gasteiger partial charge is 0.377 e. The van der Waals surface area contributed by atoms with E-state index in [0.29, 0.717) is 5.78 Å². The van der Waals surface area contributed by atoms with Crippen LogP contribution in [0.5, 0.6) is 0 Å². The second-order valence-corrected chi connectivity index (χ2v) is 7.09. The minimum absolute atomic E-state index is 0.0426. The van der Waals surface area contributed by atoms with E-state index in [1.807, 2.05) is 0 Å². The van der Waals surface area contributed by atoms with Gasteiger partial charge < -0.3 is 5.32 Å². The molecule has 3 aliphatic rings. The van der Waals surface area contributed by atoms with Gasteiger partial charge in [-0.25, -0.2) is 0 Å². The molecule has 19 heavy (non-hydrogen) atoms. The Bertz CT molecular complexity index is 576. The van der Waals surface area contributed by atoms with Crippen molar-refractivity contribution in [3.05, 3.63) is 29.8 Å². The van der Waals surface area contributed by atoms with Gasteiger partial charge >= 0.3 is 0 Å². The summed E-state index contributed by atoms with van der Waals surface area (Å²) >= 11 is 0. The second-order valence-electron chi connectivity index (χ2n) is 7.09. The summed E-state index contributed by atoms with van der Waals surface area (Å²) in [6.45, 7) is 4.31. The molecule has 0 amide bonds. The topological polar surface area (TPSA) is 29.1 Å². The minimum Gasteiger partial charge on any atom is -0.377 e. The first-order valence-corrected chi connectivity index (χ1v) is 7.45. The van der Waals surface area contributed by atoms with Crippen molar-refractivity contribution in [2.45, 2.75) is 56.9 Å². The third-order valence-corrected chi connectivity index (χ3v) is 6.24. The number of carbonyl (C=O) groups excluding carboxylic acids is 1. The molecule has 0 unspecified atom stereocenters. The maximum absolute atomic E-state index is 12.6. The Labute approximate surface area is 114 Å². The van der Waals surface area contributed by atoms with E-state index in [0.717, 1.165) is 19.3 Å². The fraction of sp³-hybridized carbons (Fsp3) is 0.588. The molecule has 2 heteroatoms. The number of Topliss-reactive ketones (excluding diaryl/α,β-unsaturated/α-hetero) is 1. The molecule has 4 rings (SSSR count). The van der Waals surface area contributed by atoms with E-state index in [-0.39, 0.29) is 16.4 Å². The van der Waals surface area contributed by atoms with E-state index >= 15 is 0 Å². The first-order valence-electron chi connectivity index (χ1n) is 7.45. The second kappa shape index (κ2) is 3.23. The highest BCUT2D eigenvalue weighted by Gasteiger charge is 2.71. The molecule has 1 heterocycles. The number of para-hydroxylation sites is 1. The van der Waals surface area contributed by atoms with E-state index < -0.39 is 0 Å². The number of anilines is 1. The quantitative estimate of drug-likeness (QED) is 0.766. The standard InChI is InChI=1S/C17H21NO/c1-15(2)14(19)11-16-9-5-6-10-17(15,16)18-13-8-4-3-7-12(13)16/h3-4,7-8,18H,5-6,9-11H2,1-2H3/t16-,17-/m0/s1. The molecule has 1 aromatic rings. The molecular formula is C17H21NO. The highest BCUT2D eigenvalue weighted by molar-refractivity contribution is 5.94. The van der Waals surface area contributed by atoms with Crippen molar-refractivity contribution >= 4 is 11.5 Å². The Morgan fingerprint density at radius 3 is 2.68 bits per heavy atom. The molecule has 0 saturated heterocycles. The summed E-state index contributed by atoms with van der Waals surface area (Å²) in [5.74, 6) is 0.441. The molecule has 0 spiro atoms. The molecule has 1 aliphatic heterocycles. The van der Waals surface area contributed by atoms with Gasteiger partial charge in [0.25, 0.3) is 0 Å². The summed E-state index contributed by atoms with van der Waals surface area (Å²) in [7, 11) is 0. The number of fused-ring (bicyclic) bond motifs is 1. The normalized spacial score (nSPS) is 38.3. The zero-order chi connectivity index (χ0) is 13.3. The lowest BCUT2D eigenvalue weighted by Crippen LogP contribution is -2.58. The summed E-state index contributed by atoms with van der Waals surface area (Å²) in [6, 6.07) is 8.64. The van der Waals surface area contributed by atoms with Gasteiger partial charge in [0.05, 0.1) is 5.54 Å². The lowest BCUT2D eigenvalue weighted by Gasteiger charge is -2.50. The molecule has 2 fully saturated rings. The Kier molecular flexibility index (Phi) is 1.95. The average molecular weight is 255 g/mol. The maximum Gasteiger partial charge on any atom is 0.141 e. The lowest BCUT2D eigenvalue weighted by molar-refractivity contribution is -0.125. The van der Waals surface area contributed by atoms with Gasteiger partial charge in [-0.2, -0.15) is 0 Å². The molecule has 0 radical (unpaired) electrons. The van der Waals surface area contributed by atoms with Crippen LogP contribution >= 0.6 is 0 Å². The van der Waals surface area contributed by atoms with Gasteiger partial charge in [0.15, 0.2) is 0 Å². The number of ketones is 1. The number of benzene rings is 1. The van der Waals surface area contributed by atoms with E-state index in [1.54, 1.807) is 0 Å². The summed E-state index contributed by atoms with van der Waals surface area (Å²) in [5, 5.41) is 3.80. The summed E-state index contributed by atoms with van der Waals surface area (Å²) < 4.78 is 0. The Morgan fingerprint density at radius 2 is 1.84 bits per heavy atom. The number of hydrogen-bond acceptors (Lipinski definition) is 2. The molecule has 2 aliphatic carbocycles. The molecular weight excluding hydrogens is 234 g/mol. The number of nitrogens with one attached hydrogen (secondary N) is 1. The van der Waals surface area contributed by atoms with Gasteiger partial charge in [-0.1, -0.05) is 44.9 Å². The van der Waals surface area contributed by atoms with Gasteiger partial charge in [0, 0.05) is 22.9 Å². The van der Waals surface area contributed by atoms with Crippen LogP contribution in [0.2, 0.25) is 0 Å². The zero-order valence-corrected chi connectivity index (χ0v) is 11.8. The lowest BCUT2D eigenvalue weighted by atomic mass is 9.56. The van der Waals surface area contributed by atoms with E-state index in [2.05, 4.69) is 43.4 Å². The van der Waals surface area contributed by atoms with Crippen LogP contribution in [0.1, 0.15) is 51.5 Å². The molecule has 2 atom stereocenters. The minimum atomic E-state index is -0.257. The van der Waals surface area contributed by atoms with Gasteiger partial charge in [0.1, 0.15) is 5.78 Å². The van der Waals surface area contributed by atoms with Crippen molar-refractivity contribution < 1.29 is 4.79 Å². The van der Waals surface area contributed by atoms with Crippen LogP contribution in [0.25, 0.3) is 0 Å². The van der Waals surface area contributed by atoms with E-state index in [4.69, 9.17) is 0 Å². The number of hydrogen-bond donors (Lipinski definition) is 1. The third-order valence-electron chi connectivity index (χ3n) is 6.24. The fourth-order valence-electron chi connectivity index (χ4n) is 5.19. The van der Waals surface area contributed by atoms with Crippen LogP contribution in [0.4, 0.5) is 5.69 Å². The van der Waals surface area contributed by atoms with Crippen molar-refractivity contribution in [1.29, 1.82) is 0 Å².